The summed E-state index contributed by atoms with van der Waals surface area (Å²) < 4.78 is 57.4. The molecule has 36 heavy (non-hydrogen) atoms. The van der Waals surface area contributed by atoms with Crippen LogP contribution >= 0.6 is 0 Å². The minimum absolute atomic E-state index is 0.0528. The zero-order valence-corrected chi connectivity index (χ0v) is 20.1. The van der Waals surface area contributed by atoms with Crippen LogP contribution in [0.4, 0.5) is 23.2 Å². The molecule has 3 aromatic rings. The Morgan fingerprint density at radius 2 is 1.56 bits per heavy atom. The van der Waals surface area contributed by atoms with Gasteiger partial charge in [-0.05, 0) is 47.9 Å². The zero-order chi connectivity index (χ0) is 26.5. The second kappa shape index (κ2) is 11.3. The van der Waals surface area contributed by atoms with Gasteiger partial charge in [0.05, 0.1) is 5.56 Å². The van der Waals surface area contributed by atoms with Gasteiger partial charge in [-0.2, -0.15) is 13.2 Å². The number of carbonyl (C=O) groups is 2. The van der Waals surface area contributed by atoms with Gasteiger partial charge in [-0.25, -0.2) is 4.39 Å². The molecule has 0 N–H and O–H groups in total. The highest BCUT2D eigenvalue weighted by Crippen LogP contribution is 2.29. The van der Waals surface area contributed by atoms with E-state index in [1.54, 1.807) is 12.1 Å². The lowest BCUT2D eigenvalue weighted by molar-refractivity contribution is -0.153. The maximum Gasteiger partial charge on any atom is 0.417 e. The first-order chi connectivity index (χ1) is 17.0. The number of rotatable bonds is 8. The number of halogens is 4. The number of alkyl halides is 3. The van der Waals surface area contributed by atoms with Gasteiger partial charge in [0.15, 0.2) is 0 Å². The van der Waals surface area contributed by atoms with Gasteiger partial charge in [0.1, 0.15) is 5.82 Å². The van der Waals surface area contributed by atoms with Crippen molar-refractivity contribution in [1.82, 2.24) is 4.98 Å². The van der Waals surface area contributed by atoms with Crippen molar-refractivity contribution >= 4 is 17.6 Å². The Morgan fingerprint density at radius 3 is 2.06 bits per heavy atom. The van der Waals surface area contributed by atoms with Crippen LogP contribution in [0.3, 0.4) is 0 Å². The van der Waals surface area contributed by atoms with Crippen molar-refractivity contribution in [2.45, 2.75) is 45.4 Å². The predicted molar refractivity (Wildman–Crippen MR) is 127 cm³/mol. The molecule has 0 fully saturated rings. The van der Waals surface area contributed by atoms with Crippen molar-refractivity contribution in [2.75, 3.05) is 11.4 Å². The van der Waals surface area contributed by atoms with Crippen LogP contribution in [0.15, 0.2) is 66.9 Å². The number of hydrogen-bond acceptors (Lipinski definition) is 4. The SMILES string of the molecule is CC(=O)OC(C(=O)N(CCc1ccc(C(F)(F)F)cn1)c1ccc(C(C)C)cc1)c1ccc(F)cc1. The number of anilines is 1. The standard InChI is InChI=1S/C27H26F4N2O3/c1-17(2)19-6-12-24(13-7-19)33(15-14-23-11-8-21(16-32-23)27(29,30)31)26(35)25(36-18(3)34)20-4-9-22(28)10-5-20/h4-13,16-17,25H,14-15H2,1-3H3. The van der Waals surface area contributed by atoms with Gasteiger partial charge < -0.3 is 9.64 Å². The normalized spacial score (nSPS) is 12.3. The van der Waals surface area contributed by atoms with Crippen LogP contribution in [0.5, 0.6) is 0 Å². The number of pyridine rings is 1. The lowest BCUT2D eigenvalue weighted by Crippen LogP contribution is -2.38. The van der Waals surface area contributed by atoms with E-state index in [4.69, 9.17) is 4.74 Å². The minimum atomic E-state index is -4.50. The van der Waals surface area contributed by atoms with E-state index in [0.717, 1.165) is 36.9 Å². The minimum Gasteiger partial charge on any atom is -0.447 e. The number of carbonyl (C=O) groups excluding carboxylic acids is 2. The van der Waals surface area contributed by atoms with Crippen molar-refractivity contribution in [1.29, 1.82) is 0 Å². The molecule has 0 aliphatic heterocycles. The second-order valence-corrected chi connectivity index (χ2v) is 8.56. The molecule has 1 aromatic heterocycles. The summed E-state index contributed by atoms with van der Waals surface area (Å²) in [5, 5.41) is 0. The molecule has 2 aromatic carbocycles. The fraction of sp³-hybridized carbons (Fsp3) is 0.296. The van der Waals surface area contributed by atoms with E-state index in [0.29, 0.717) is 11.4 Å². The summed E-state index contributed by atoms with van der Waals surface area (Å²) in [5.74, 6) is -1.53. The van der Waals surface area contributed by atoms with Crippen molar-refractivity contribution in [3.8, 4) is 0 Å². The van der Waals surface area contributed by atoms with Gasteiger partial charge in [-0.15, -0.1) is 0 Å². The largest absolute Gasteiger partial charge is 0.447 e. The molecule has 1 amide bonds. The Morgan fingerprint density at radius 1 is 0.944 bits per heavy atom. The summed E-state index contributed by atoms with van der Waals surface area (Å²) in [7, 11) is 0. The number of benzene rings is 2. The van der Waals surface area contributed by atoms with Gasteiger partial charge in [-0.3, -0.25) is 14.6 Å². The third-order valence-corrected chi connectivity index (χ3v) is 5.56. The van der Waals surface area contributed by atoms with Crippen molar-refractivity contribution in [3.05, 3.63) is 95.1 Å². The average molecular weight is 503 g/mol. The highest BCUT2D eigenvalue weighted by atomic mass is 19.4. The number of esters is 1. The van der Waals surface area contributed by atoms with E-state index in [1.165, 1.54) is 23.1 Å². The van der Waals surface area contributed by atoms with Gasteiger partial charge in [-0.1, -0.05) is 38.1 Å². The molecule has 9 heteroatoms. The molecule has 190 valence electrons. The second-order valence-electron chi connectivity index (χ2n) is 8.56. The molecule has 0 aliphatic rings. The number of aromatic nitrogens is 1. The molecule has 1 atom stereocenters. The molecular weight excluding hydrogens is 476 g/mol. The van der Waals surface area contributed by atoms with Crippen LogP contribution in [0, 0.1) is 5.82 Å². The lowest BCUT2D eigenvalue weighted by Gasteiger charge is -2.28. The quantitative estimate of drug-likeness (QED) is 0.270. The highest BCUT2D eigenvalue weighted by molar-refractivity contribution is 5.98. The first-order valence-corrected chi connectivity index (χ1v) is 11.3. The maximum atomic E-state index is 13.7. The fourth-order valence-electron chi connectivity index (χ4n) is 3.58. The Hall–Kier alpha value is -3.75. The highest BCUT2D eigenvalue weighted by Gasteiger charge is 2.32. The molecule has 0 spiro atoms. The third-order valence-electron chi connectivity index (χ3n) is 5.56. The topological polar surface area (TPSA) is 59.5 Å². The van der Waals surface area contributed by atoms with Crippen molar-refractivity contribution < 1.29 is 31.9 Å². The van der Waals surface area contributed by atoms with E-state index >= 15 is 0 Å². The van der Waals surface area contributed by atoms with Gasteiger partial charge in [0.25, 0.3) is 5.91 Å². The summed E-state index contributed by atoms with van der Waals surface area (Å²) in [6, 6.07) is 14.5. The molecule has 0 saturated heterocycles. The van der Waals surface area contributed by atoms with Gasteiger partial charge in [0, 0.05) is 43.0 Å². The molecule has 1 heterocycles. The zero-order valence-electron chi connectivity index (χ0n) is 20.1. The van der Waals surface area contributed by atoms with Gasteiger partial charge in [0.2, 0.25) is 6.10 Å². The third kappa shape index (κ3) is 6.90. The lowest BCUT2D eigenvalue weighted by atomic mass is 10.0. The summed E-state index contributed by atoms with van der Waals surface area (Å²) in [6.45, 7) is 5.27. The molecule has 5 nitrogen and oxygen atoms in total. The van der Waals surface area contributed by atoms with E-state index < -0.39 is 35.5 Å². The van der Waals surface area contributed by atoms with Crippen LogP contribution in [-0.2, 0) is 26.9 Å². The number of amides is 1. The molecule has 0 radical (unpaired) electrons. The smallest absolute Gasteiger partial charge is 0.417 e. The Bertz CT molecular complexity index is 1180. The summed E-state index contributed by atoms with van der Waals surface area (Å²) in [5.41, 5.74) is 1.33. The number of ether oxygens (including phenoxy) is 1. The van der Waals surface area contributed by atoms with Crippen LogP contribution in [0.2, 0.25) is 0 Å². The first kappa shape index (κ1) is 26.8. The Balaban J connectivity index is 1.93. The fourth-order valence-corrected chi connectivity index (χ4v) is 3.58. The van der Waals surface area contributed by atoms with E-state index in [-0.39, 0.29) is 24.4 Å². The summed E-state index contributed by atoms with van der Waals surface area (Å²) >= 11 is 0. The van der Waals surface area contributed by atoms with E-state index in [2.05, 4.69) is 4.98 Å². The van der Waals surface area contributed by atoms with Crippen molar-refractivity contribution in [3.63, 3.8) is 0 Å². The molecule has 1 unspecified atom stereocenters. The monoisotopic (exact) mass is 502 g/mol. The average Bonchev–Trinajstić information content (AvgIpc) is 2.83. The number of hydrogen-bond donors (Lipinski definition) is 0. The molecule has 3 rings (SSSR count). The van der Waals surface area contributed by atoms with Crippen LogP contribution in [0.25, 0.3) is 0 Å². The molecule has 0 saturated carbocycles. The molecular formula is C27H26F4N2O3. The van der Waals surface area contributed by atoms with Crippen LogP contribution < -0.4 is 4.90 Å². The Labute approximate surface area is 206 Å². The van der Waals surface area contributed by atoms with E-state index in [1.807, 2.05) is 26.0 Å². The molecule has 0 bridgehead atoms. The maximum absolute atomic E-state index is 13.7. The first-order valence-electron chi connectivity index (χ1n) is 11.3. The van der Waals surface area contributed by atoms with Crippen LogP contribution in [-0.4, -0.2) is 23.4 Å². The molecule has 0 aliphatic carbocycles. The van der Waals surface area contributed by atoms with Crippen LogP contribution in [0.1, 0.15) is 55.2 Å². The number of nitrogens with zero attached hydrogens (tertiary/aromatic N) is 2. The van der Waals surface area contributed by atoms with Crippen molar-refractivity contribution in [2.24, 2.45) is 0 Å². The predicted octanol–water partition coefficient (Wildman–Crippen LogP) is 6.24. The van der Waals surface area contributed by atoms with Gasteiger partial charge >= 0.3 is 12.1 Å². The summed E-state index contributed by atoms with van der Waals surface area (Å²) in [4.78, 5) is 30.7. The van der Waals surface area contributed by atoms with E-state index in [9.17, 15) is 27.2 Å². The summed E-state index contributed by atoms with van der Waals surface area (Å²) in [6.07, 6.45) is -4.95. The Kier molecular flexibility index (Phi) is 8.45.